The number of carbonyl (C=O) groups excluding carboxylic acids is 1. The third-order valence-corrected chi connectivity index (χ3v) is 6.49. The average molecular weight is 478 g/mol. The van der Waals surface area contributed by atoms with Gasteiger partial charge in [0.15, 0.2) is 16.9 Å². The van der Waals surface area contributed by atoms with Crippen molar-refractivity contribution in [2.75, 3.05) is 19.8 Å². The molecule has 1 atom stereocenters. The molecule has 2 aromatic carbocycles. The predicted molar refractivity (Wildman–Crippen MR) is 138 cm³/mol. The number of hydrogen-bond donors (Lipinski definition) is 0. The van der Waals surface area contributed by atoms with E-state index in [1.165, 1.54) is 0 Å². The Kier molecular flexibility index (Phi) is 7.48. The van der Waals surface area contributed by atoms with Gasteiger partial charge in [-0.05, 0) is 68.5 Å². The molecule has 4 rings (SSSR count). The molecule has 0 radical (unpaired) electrons. The van der Waals surface area contributed by atoms with Gasteiger partial charge in [0.1, 0.15) is 5.58 Å². The second-order valence-corrected chi connectivity index (χ2v) is 9.23. The van der Waals surface area contributed by atoms with Gasteiger partial charge in [0, 0.05) is 6.54 Å². The van der Waals surface area contributed by atoms with Gasteiger partial charge in [0.05, 0.1) is 30.2 Å². The molecule has 6 heteroatoms. The van der Waals surface area contributed by atoms with E-state index in [0.717, 1.165) is 42.4 Å². The van der Waals surface area contributed by atoms with Crippen LogP contribution in [0, 0.1) is 13.8 Å². The minimum absolute atomic E-state index is 0.147. The Hall–Kier alpha value is -3.28. The molecule has 0 fully saturated rings. The van der Waals surface area contributed by atoms with Gasteiger partial charge in [-0.15, -0.1) is 0 Å². The maximum absolute atomic E-state index is 13.8. The molecule has 1 unspecified atom stereocenters. The van der Waals surface area contributed by atoms with Crippen molar-refractivity contribution >= 4 is 16.9 Å². The van der Waals surface area contributed by atoms with Crippen molar-refractivity contribution in [1.29, 1.82) is 0 Å². The summed E-state index contributed by atoms with van der Waals surface area (Å²) in [5.74, 6) is 1.20. The monoisotopic (exact) mass is 477 g/mol. The normalized spacial score (nSPS) is 15.1. The molecule has 1 aliphatic rings. The third-order valence-electron chi connectivity index (χ3n) is 6.49. The summed E-state index contributed by atoms with van der Waals surface area (Å²) in [4.78, 5) is 29.1. The van der Waals surface area contributed by atoms with Crippen molar-refractivity contribution in [2.45, 2.75) is 66.3 Å². The van der Waals surface area contributed by atoms with Crippen LogP contribution in [-0.4, -0.2) is 30.6 Å². The van der Waals surface area contributed by atoms with Gasteiger partial charge < -0.3 is 18.8 Å². The topological polar surface area (TPSA) is 69.0 Å². The molecule has 0 N–H and O–H groups in total. The van der Waals surface area contributed by atoms with Crippen molar-refractivity contribution in [1.82, 2.24) is 4.90 Å². The Bertz CT molecular complexity index is 1290. The van der Waals surface area contributed by atoms with Gasteiger partial charge in [-0.3, -0.25) is 9.59 Å². The number of ether oxygens (including phenoxy) is 2. The maximum atomic E-state index is 13.8. The number of hydrogen-bond acceptors (Lipinski definition) is 5. The molecule has 35 heavy (non-hydrogen) atoms. The number of aryl methyl sites for hydroxylation is 2. The molecular formula is C29H35NO5. The van der Waals surface area contributed by atoms with Crippen molar-refractivity contribution in [3.63, 3.8) is 0 Å². The second-order valence-electron chi connectivity index (χ2n) is 9.23. The van der Waals surface area contributed by atoms with Gasteiger partial charge >= 0.3 is 0 Å². The van der Waals surface area contributed by atoms with Crippen molar-refractivity contribution < 1.29 is 18.7 Å². The molecule has 3 aromatic rings. The van der Waals surface area contributed by atoms with Gasteiger partial charge in [-0.25, -0.2) is 0 Å². The molecular weight excluding hydrogens is 442 g/mol. The highest BCUT2D eigenvalue weighted by atomic mass is 16.5. The molecule has 0 bridgehead atoms. The van der Waals surface area contributed by atoms with E-state index >= 15 is 0 Å². The van der Waals surface area contributed by atoms with E-state index in [2.05, 4.69) is 13.8 Å². The minimum Gasteiger partial charge on any atom is -0.490 e. The number of fused-ring (bicyclic) bond motifs is 2. The van der Waals surface area contributed by atoms with E-state index in [0.29, 0.717) is 47.8 Å². The van der Waals surface area contributed by atoms with Crippen LogP contribution in [0.1, 0.15) is 85.3 Å². The molecule has 6 nitrogen and oxygen atoms in total. The van der Waals surface area contributed by atoms with Crippen LogP contribution < -0.4 is 14.9 Å². The van der Waals surface area contributed by atoms with Crippen LogP contribution in [0.2, 0.25) is 0 Å². The van der Waals surface area contributed by atoms with Gasteiger partial charge in [0.25, 0.3) is 5.91 Å². The van der Waals surface area contributed by atoms with Crippen LogP contribution in [0.5, 0.6) is 11.5 Å². The molecule has 1 aliphatic heterocycles. The lowest BCUT2D eigenvalue weighted by atomic mass is 9.97. The summed E-state index contributed by atoms with van der Waals surface area (Å²) >= 11 is 0. The first-order valence-corrected chi connectivity index (χ1v) is 12.7. The Labute approximate surface area is 206 Å². The lowest BCUT2D eigenvalue weighted by Crippen LogP contribution is -2.30. The van der Waals surface area contributed by atoms with Crippen LogP contribution in [0.25, 0.3) is 11.0 Å². The summed E-state index contributed by atoms with van der Waals surface area (Å²) in [6.45, 7) is 11.6. The molecule has 0 spiro atoms. The minimum atomic E-state index is -0.533. The van der Waals surface area contributed by atoms with Crippen LogP contribution >= 0.6 is 0 Å². The molecule has 1 aromatic heterocycles. The average Bonchev–Trinajstić information content (AvgIpc) is 3.11. The zero-order chi connectivity index (χ0) is 25.1. The maximum Gasteiger partial charge on any atom is 0.290 e. The van der Waals surface area contributed by atoms with E-state index < -0.39 is 6.04 Å². The fourth-order valence-electron chi connectivity index (χ4n) is 4.79. The number of benzene rings is 2. The number of nitrogens with zero attached hydrogens (tertiary/aromatic N) is 1. The molecule has 0 saturated carbocycles. The first kappa shape index (κ1) is 24.8. The zero-order valence-electron chi connectivity index (χ0n) is 21.4. The quantitative estimate of drug-likeness (QED) is 0.319. The highest BCUT2D eigenvalue weighted by molar-refractivity contribution is 5.99. The van der Waals surface area contributed by atoms with Gasteiger partial charge in [-0.2, -0.15) is 0 Å². The smallest absolute Gasteiger partial charge is 0.290 e. The summed E-state index contributed by atoms with van der Waals surface area (Å²) in [5, 5.41) is 0.515. The largest absolute Gasteiger partial charge is 0.490 e. The predicted octanol–water partition coefficient (Wildman–Crippen LogP) is 6.33. The highest BCUT2D eigenvalue weighted by Gasteiger charge is 2.42. The van der Waals surface area contributed by atoms with Crippen molar-refractivity contribution in [3.8, 4) is 11.5 Å². The Morgan fingerprint density at radius 3 is 2.43 bits per heavy atom. The van der Waals surface area contributed by atoms with Crippen LogP contribution in [0.15, 0.2) is 39.5 Å². The Morgan fingerprint density at radius 1 is 0.943 bits per heavy atom. The Balaban J connectivity index is 1.89. The SMILES string of the molecule is CCCCOc1ccc(C2c3c(oc4c(C)cc(C)cc4c3=O)C(=O)N2CCCC)cc1OCC. The molecule has 0 saturated heterocycles. The summed E-state index contributed by atoms with van der Waals surface area (Å²) in [6, 6.07) is 9.00. The first-order valence-electron chi connectivity index (χ1n) is 12.7. The second kappa shape index (κ2) is 10.5. The lowest BCUT2D eigenvalue weighted by molar-refractivity contribution is 0.0725. The fraction of sp³-hybridized carbons (Fsp3) is 0.448. The van der Waals surface area contributed by atoms with Crippen molar-refractivity contribution in [3.05, 3.63) is 68.6 Å². The van der Waals surface area contributed by atoms with E-state index in [-0.39, 0.29) is 17.1 Å². The first-order chi connectivity index (χ1) is 16.9. The molecule has 2 heterocycles. The molecule has 1 amide bonds. The van der Waals surface area contributed by atoms with Gasteiger partial charge in [0.2, 0.25) is 5.76 Å². The van der Waals surface area contributed by atoms with Crippen LogP contribution in [0.4, 0.5) is 0 Å². The standard InChI is InChI=1S/C29H35NO5/c1-6-9-13-30-25(20-11-12-22(34-14-10-7-2)23(17-20)33-8-3)24-26(31)21-16-18(4)15-19(5)27(21)35-28(24)29(30)32/h11-12,15-17,25H,6-10,13-14H2,1-5H3. The third kappa shape index (κ3) is 4.66. The van der Waals surface area contributed by atoms with E-state index in [4.69, 9.17) is 13.9 Å². The number of carbonyl (C=O) groups is 1. The molecule has 186 valence electrons. The van der Waals surface area contributed by atoms with E-state index in [1.54, 1.807) is 4.90 Å². The highest BCUT2D eigenvalue weighted by Crippen LogP contribution is 2.41. The summed E-state index contributed by atoms with van der Waals surface area (Å²) in [7, 11) is 0. The number of amides is 1. The van der Waals surface area contributed by atoms with Gasteiger partial charge in [-0.1, -0.05) is 38.8 Å². The van der Waals surface area contributed by atoms with Crippen molar-refractivity contribution in [2.24, 2.45) is 0 Å². The molecule has 0 aliphatic carbocycles. The van der Waals surface area contributed by atoms with E-state index in [1.807, 2.05) is 51.1 Å². The lowest BCUT2D eigenvalue weighted by Gasteiger charge is -2.25. The van der Waals surface area contributed by atoms with Crippen LogP contribution in [-0.2, 0) is 0 Å². The van der Waals surface area contributed by atoms with Crippen LogP contribution in [0.3, 0.4) is 0 Å². The zero-order valence-corrected chi connectivity index (χ0v) is 21.4. The Morgan fingerprint density at radius 2 is 1.71 bits per heavy atom. The summed E-state index contributed by atoms with van der Waals surface area (Å²) in [5.41, 5.74) is 3.40. The van der Waals surface area contributed by atoms with E-state index in [9.17, 15) is 9.59 Å². The number of rotatable bonds is 10. The summed E-state index contributed by atoms with van der Waals surface area (Å²) < 4.78 is 18.0. The summed E-state index contributed by atoms with van der Waals surface area (Å²) in [6.07, 6.45) is 3.76. The number of unbranched alkanes of at least 4 members (excludes halogenated alkanes) is 2. The fourth-order valence-corrected chi connectivity index (χ4v) is 4.79.